The summed E-state index contributed by atoms with van der Waals surface area (Å²) in [6.45, 7) is 7.35. The summed E-state index contributed by atoms with van der Waals surface area (Å²) in [6.07, 6.45) is 9.69. The Morgan fingerprint density at radius 3 is 2.38 bits per heavy atom. The van der Waals surface area contributed by atoms with E-state index in [2.05, 4.69) is 26.8 Å². The zero-order chi connectivity index (χ0) is 9.94. The lowest BCUT2D eigenvalue weighted by Gasteiger charge is -2.04. The van der Waals surface area contributed by atoms with E-state index < -0.39 is 0 Å². The topological polar surface area (TPSA) is 9.23 Å². The molecule has 0 radical (unpaired) electrons. The van der Waals surface area contributed by atoms with E-state index in [0.29, 0.717) is 0 Å². The third-order valence-electron chi connectivity index (χ3n) is 2.07. The van der Waals surface area contributed by atoms with Crippen LogP contribution in [-0.2, 0) is 4.74 Å². The molecule has 0 aromatic heterocycles. The zero-order valence-corrected chi connectivity index (χ0v) is 9.44. The van der Waals surface area contributed by atoms with Gasteiger partial charge >= 0.3 is 0 Å². The Morgan fingerprint density at radius 2 is 1.77 bits per heavy atom. The molecule has 0 N–H and O–H groups in total. The number of unbranched alkanes of at least 4 members (excludes halogenated alkanes) is 4. The first-order valence-electron chi connectivity index (χ1n) is 5.60. The van der Waals surface area contributed by atoms with E-state index >= 15 is 0 Å². The molecule has 78 valence electrons. The molecule has 0 bridgehead atoms. The van der Waals surface area contributed by atoms with Gasteiger partial charge in [0.2, 0.25) is 0 Å². The molecule has 0 amide bonds. The first kappa shape index (κ1) is 12.5. The second-order valence-corrected chi connectivity index (χ2v) is 3.51. The van der Waals surface area contributed by atoms with E-state index in [9.17, 15) is 0 Å². The maximum absolute atomic E-state index is 5.52. The average Bonchev–Trinajstić information content (AvgIpc) is 2.13. The maximum atomic E-state index is 5.52. The number of hydrogen-bond donors (Lipinski definition) is 0. The van der Waals surface area contributed by atoms with Crippen molar-refractivity contribution in [1.29, 1.82) is 0 Å². The molecule has 0 fully saturated rings. The number of hydrogen-bond acceptors (Lipinski definition) is 1. The summed E-state index contributed by atoms with van der Waals surface area (Å²) >= 11 is 0. The Bertz CT molecular complexity index is 127. The molecule has 0 aliphatic rings. The molecule has 13 heavy (non-hydrogen) atoms. The van der Waals surface area contributed by atoms with Crippen LogP contribution in [0.5, 0.6) is 0 Å². The summed E-state index contributed by atoms with van der Waals surface area (Å²) in [5.74, 6) is 1.10. The van der Waals surface area contributed by atoms with Gasteiger partial charge in [-0.15, -0.1) is 0 Å². The van der Waals surface area contributed by atoms with E-state index in [1.807, 2.05) is 0 Å². The molecule has 0 aromatic rings. The van der Waals surface area contributed by atoms with Gasteiger partial charge in [0.25, 0.3) is 0 Å². The second kappa shape index (κ2) is 9.63. The molecular weight excluding hydrogens is 160 g/mol. The van der Waals surface area contributed by atoms with Crippen molar-refractivity contribution in [3.63, 3.8) is 0 Å². The van der Waals surface area contributed by atoms with Crippen LogP contribution in [0, 0.1) is 0 Å². The normalized spacial score (nSPS) is 11.8. The lowest BCUT2D eigenvalue weighted by Crippen LogP contribution is -1.91. The van der Waals surface area contributed by atoms with E-state index in [1.165, 1.54) is 38.5 Å². The Balaban J connectivity index is 3.29. The highest BCUT2D eigenvalue weighted by Crippen LogP contribution is 2.04. The van der Waals surface area contributed by atoms with Crippen molar-refractivity contribution in [3.05, 3.63) is 11.8 Å². The predicted octanol–water partition coefficient (Wildman–Crippen LogP) is 4.29. The van der Waals surface area contributed by atoms with Crippen LogP contribution in [0.2, 0.25) is 0 Å². The van der Waals surface area contributed by atoms with E-state index in [1.54, 1.807) is 0 Å². The largest absolute Gasteiger partial charge is 0.499 e. The molecule has 0 spiro atoms. The fraction of sp³-hybridized carbons (Fsp3) is 0.833. The van der Waals surface area contributed by atoms with Gasteiger partial charge in [-0.2, -0.15) is 0 Å². The summed E-state index contributed by atoms with van der Waals surface area (Å²) in [5.41, 5.74) is 0. The molecular formula is C12H24O. The highest BCUT2D eigenvalue weighted by atomic mass is 16.5. The molecule has 0 saturated carbocycles. The first-order chi connectivity index (χ1) is 6.31. The molecule has 0 aliphatic heterocycles. The van der Waals surface area contributed by atoms with Gasteiger partial charge in [-0.3, -0.25) is 0 Å². The zero-order valence-electron chi connectivity index (χ0n) is 9.44. The van der Waals surface area contributed by atoms with Gasteiger partial charge in [-0.05, 0) is 32.3 Å². The summed E-state index contributed by atoms with van der Waals surface area (Å²) in [7, 11) is 0. The molecule has 0 aliphatic carbocycles. The molecule has 0 heterocycles. The molecule has 1 heteroatoms. The van der Waals surface area contributed by atoms with Gasteiger partial charge < -0.3 is 4.74 Å². The number of rotatable bonds is 8. The minimum absolute atomic E-state index is 0.882. The molecule has 0 aromatic carbocycles. The minimum atomic E-state index is 0.882. The van der Waals surface area contributed by atoms with Crippen molar-refractivity contribution in [3.8, 4) is 0 Å². The summed E-state index contributed by atoms with van der Waals surface area (Å²) in [6, 6.07) is 0. The summed E-state index contributed by atoms with van der Waals surface area (Å²) < 4.78 is 5.52. The number of allylic oxidation sites excluding steroid dienone is 2. The summed E-state index contributed by atoms with van der Waals surface area (Å²) in [4.78, 5) is 0. The van der Waals surface area contributed by atoms with Gasteiger partial charge in [-0.25, -0.2) is 0 Å². The smallest absolute Gasteiger partial charge is 0.0889 e. The maximum Gasteiger partial charge on any atom is 0.0889 e. The van der Waals surface area contributed by atoms with Crippen LogP contribution in [0.25, 0.3) is 0 Å². The SMILES string of the molecule is CCCCCC=C(C)OCCCC. The lowest BCUT2D eigenvalue weighted by molar-refractivity contribution is 0.208. The van der Waals surface area contributed by atoms with Gasteiger partial charge in [0.1, 0.15) is 0 Å². The first-order valence-corrected chi connectivity index (χ1v) is 5.60. The highest BCUT2D eigenvalue weighted by molar-refractivity contribution is 4.87. The monoisotopic (exact) mass is 184 g/mol. The average molecular weight is 184 g/mol. The summed E-state index contributed by atoms with van der Waals surface area (Å²) in [5, 5.41) is 0. The van der Waals surface area contributed by atoms with E-state index in [-0.39, 0.29) is 0 Å². The fourth-order valence-electron chi connectivity index (χ4n) is 1.14. The van der Waals surface area contributed by atoms with Gasteiger partial charge in [0, 0.05) is 0 Å². The van der Waals surface area contributed by atoms with Crippen molar-refractivity contribution < 1.29 is 4.74 Å². The van der Waals surface area contributed by atoms with Crippen molar-refractivity contribution in [2.24, 2.45) is 0 Å². The molecule has 0 atom stereocenters. The Kier molecular flexibility index (Phi) is 9.29. The van der Waals surface area contributed by atoms with Crippen LogP contribution < -0.4 is 0 Å². The number of ether oxygens (including phenoxy) is 1. The Morgan fingerprint density at radius 1 is 1.08 bits per heavy atom. The highest BCUT2D eigenvalue weighted by Gasteiger charge is 1.89. The minimum Gasteiger partial charge on any atom is -0.499 e. The molecule has 0 saturated heterocycles. The van der Waals surface area contributed by atoms with Crippen LogP contribution in [0.1, 0.15) is 59.3 Å². The van der Waals surface area contributed by atoms with Crippen LogP contribution in [-0.4, -0.2) is 6.61 Å². The van der Waals surface area contributed by atoms with Crippen molar-refractivity contribution in [1.82, 2.24) is 0 Å². The third kappa shape index (κ3) is 9.45. The third-order valence-corrected chi connectivity index (χ3v) is 2.07. The van der Waals surface area contributed by atoms with Gasteiger partial charge in [0.05, 0.1) is 12.4 Å². The van der Waals surface area contributed by atoms with Crippen LogP contribution >= 0.6 is 0 Å². The molecule has 0 unspecified atom stereocenters. The van der Waals surface area contributed by atoms with E-state index in [4.69, 9.17) is 4.74 Å². The predicted molar refractivity (Wildman–Crippen MR) is 58.8 cm³/mol. The molecule has 0 rings (SSSR count). The van der Waals surface area contributed by atoms with Crippen LogP contribution in [0.3, 0.4) is 0 Å². The van der Waals surface area contributed by atoms with Crippen LogP contribution in [0.4, 0.5) is 0 Å². The van der Waals surface area contributed by atoms with Crippen molar-refractivity contribution >= 4 is 0 Å². The standard InChI is InChI=1S/C12H24O/c1-4-6-8-9-10-12(3)13-11-7-5-2/h10H,4-9,11H2,1-3H3. The Labute approximate surface area is 83.2 Å². The Hall–Kier alpha value is -0.460. The van der Waals surface area contributed by atoms with Gasteiger partial charge in [0.15, 0.2) is 0 Å². The fourth-order valence-corrected chi connectivity index (χ4v) is 1.14. The second-order valence-electron chi connectivity index (χ2n) is 3.51. The molecule has 1 nitrogen and oxygen atoms in total. The van der Waals surface area contributed by atoms with Crippen molar-refractivity contribution in [2.75, 3.05) is 6.61 Å². The lowest BCUT2D eigenvalue weighted by atomic mass is 10.2. The van der Waals surface area contributed by atoms with Gasteiger partial charge in [-0.1, -0.05) is 33.1 Å². The van der Waals surface area contributed by atoms with E-state index in [0.717, 1.165) is 12.4 Å². The van der Waals surface area contributed by atoms with Crippen molar-refractivity contribution in [2.45, 2.75) is 59.3 Å². The quantitative estimate of drug-likeness (QED) is 0.404. The van der Waals surface area contributed by atoms with Crippen LogP contribution in [0.15, 0.2) is 11.8 Å².